The first-order valence-electron chi connectivity index (χ1n) is 11.6. The average Bonchev–Trinajstić information content (AvgIpc) is 2.91. The molecule has 0 amide bonds. The highest BCUT2D eigenvalue weighted by Crippen LogP contribution is 2.40. The number of anilines is 4. The fourth-order valence-electron chi connectivity index (χ4n) is 4.32. The van der Waals surface area contributed by atoms with Gasteiger partial charge in [0.15, 0.2) is 0 Å². The molecular formula is C32H28N2. The number of rotatable bonds is 6. The molecule has 0 saturated heterocycles. The molecule has 0 aromatic heterocycles. The summed E-state index contributed by atoms with van der Waals surface area (Å²) in [5.41, 5.74) is 9.45. The van der Waals surface area contributed by atoms with Gasteiger partial charge in [-0.2, -0.15) is 0 Å². The summed E-state index contributed by atoms with van der Waals surface area (Å²) in [5.74, 6) is 0. The van der Waals surface area contributed by atoms with E-state index in [2.05, 4.69) is 157 Å². The van der Waals surface area contributed by atoms with E-state index in [1.165, 1.54) is 27.9 Å². The molecule has 0 aliphatic rings. The highest BCUT2D eigenvalue weighted by Gasteiger charge is 2.16. The maximum absolute atomic E-state index is 2.31. The van der Waals surface area contributed by atoms with Crippen LogP contribution in [0.25, 0.3) is 22.3 Å². The number of hydrogen-bond donors (Lipinski definition) is 0. The minimum absolute atomic E-state index is 1.13. The molecule has 0 unspecified atom stereocenters. The van der Waals surface area contributed by atoms with E-state index in [1.54, 1.807) is 0 Å². The van der Waals surface area contributed by atoms with Crippen molar-refractivity contribution >= 4 is 22.7 Å². The lowest BCUT2D eigenvalue weighted by Crippen LogP contribution is -2.10. The third-order valence-electron chi connectivity index (χ3n) is 6.07. The van der Waals surface area contributed by atoms with E-state index in [0.717, 1.165) is 17.1 Å². The highest BCUT2D eigenvalue weighted by molar-refractivity contribution is 5.89. The van der Waals surface area contributed by atoms with Gasteiger partial charge in [-0.05, 0) is 70.8 Å². The van der Waals surface area contributed by atoms with E-state index < -0.39 is 0 Å². The number of nitrogens with zero attached hydrogens (tertiary/aromatic N) is 2. The normalized spacial score (nSPS) is 10.6. The minimum atomic E-state index is 1.13. The van der Waals surface area contributed by atoms with Crippen molar-refractivity contribution in [2.75, 3.05) is 23.9 Å². The van der Waals surface area contributed by atoms with Crippen LogP contribution in [0, 0.1) is 0 Å². The molecule has 5 aromatic carbocycles. The van der Waals surface area contributed by atoms with E-state index in [1.807, 2.05) is 0 Å². The second kappa shape index (κ2) is 9.68. The molecule has 0 heterocycles. The lowest BCUT2D eigenvalue weighted by atomic mass is 9.93. The van der Waals surface area contributed by atoms with Crippen molar-refractivity contribution in [1.29, 1.82) is 0 Å². The number of para-hydroxylation sites is 2. The zero-order chi connectivity index (χ0) is 23.3. The Morgan fingerprint density at radius 1 is 0.382 bits per heavy atom. The Balaban J connectivity index is 1.68. The zero-order valence-corrected chi connectivity index (χ0v) is 19.6. The molecule has 5 rings (SSSR count). The number of hydrogen-bond acceptors (Lipinski definition) is 2. The molecule has 0 aliphatic heterocycles. The lowest BCUT2D eigenvalue weighted by Gasteiger charge is -2.26. The molecule has 2 heteroatoms. The molecule has 0 atom stereocenters. The highest BCUT2D eigenvalue weighted by atomic mass is 15.1. The smallest absolute Gasteiger partial charge is 0.0468 e. The van der Waals surface area contributed by atoms with Gasteiger partial charge in [-0.15, -0.1) is 0 Å². The molecule has 0 spiro atoms. The molecule has 34 heavy (non-hydrogen) atoms. The molecule has 0 N–H and O–H groups in total. The van der Waals surface area contributed by atoms with E-state index in [4.69, 9.17) is 0 Å². The average molecular weight is 441 g/mol. The van der Waals surface area contributed by atoms with Gasteiger partial charge in [-0.3, -0.25) is 0 Å². The Hall–Kier alpha value is -4.30. The van der Waals surface area contributed by atoms with Crippen molar-refractivity contribution in [3.63, 3.8) is 0 Å². The lowest BCUT2D eigenvalue weighted by molar-refractivity contribution is 1.13. The van der Waals surface area contributed by atoms with E-state index >= 15 is 0 Å². The summed E-state index contributed by atoms with van der Waals surface area (Å²) >= 11 is 0. The van der Waals surface area contributed by atoms with Crippen LogP contribution in [-0.2, 0) is 0 Å². The Bertz CT molecular complexity index is 1300. The van der Waals surface area contributed by atoms with Gasteiger partial charge in [0, 0.05) is 36.8 Å². The van der Waals surface area contributed by atoms with Gasteiger partial charge in [0.05, 0.1) is 0 Å². The Morgan fingerprint density at radius 2 is 0.853 bits per heavy atom. The van der Waals surface area contributed by atoms with Crippen LogP contribution in [0.4, 0.5) is 22.7 Å². The van der Waals surface area contributed by atoms with Gasteiger partial charge in [-0.25, -0.2) is 0 Å². The molecule has 166 valence electrons. The minimum Gasteiger partial charge on any atom is -0.378 e. The number of benzene rings is 5. The third kappa shape index (κ3) is 4.44. The van der Waals surface area contributed by atoms with Gasteiger partial charge in [-0.1, -0.05) is 84.9 Å². The van der Waals surface area contributed by atoms with Crippen molar-refractivity contribution in [3.05, 3.63) is 133 Å². The standard InChI is InChI=1S/C32H28N2/c1-33(2)27-20-18-26(19-21-27)31-23-22-30(24-32(31)25-12-6-3-7-13-25)34(28-14-8-4-9-15-28)29-16-10-5-11-17-29/h3-24H,1-2H3. The molecular weight excluding hydrogens is 412 g/mol. The van der Waals surface area contributed by atoms with Gasteiger partial charge in [0.1, 0.15) is 0 Å². The molecule has 5 aromatic rings. The van der Waals surface area contributed by atoms with Crippen molar-refractivity contribution in [2.45, 2.75) is 0 Å². The Kier molecular flexibility index (Phi) is 6.13. The second-order valence-corrected chi connectivity index (χ2v) is 8.54. The maximum Gasteiger partial charge on any atom is 0.0468 e. The molecule has 0 fully saturated rings. The summed E-state index contributed by atoms with van der Waals surface area (Å²) in [7, 11) is 4.14. The second-order valence-electron chi connectivity index (χ2n) is 8.54. The summed E-state index contributed by atoms with van der Waals surface area (Å²) in [6, 6.07) is 47.3. The van der Waals surface area contributed by atoms with Crippen LogP contribution < -0.4 is 9.80 Å². The summed E-state index contributed by atoms with van der Waals surface area (Å²) in [4.78, 5) is 4.44. The van der Waals surface area contributed by atoms with Crippen LogP contribution in [0.1, 0.15) is 0 Å². The maximum atomic E-state index is 2.31. The van der Waals surface area contributed by atoms with Crippen molar-refractivity contribution in [3.8, 4) is 22.3 Å². The van der Waals surface area contributed by atoms with Gasteiger partial charge < -0.3 is 9.80 Å². The van der Waals surface area contributed by atoms with E-state index in [0.29, 0.717) is 0 Å². The monoisotopic (exact) mass is 440 g/mol. The van der Waals surface area contributed by atoms with Crippen molar-refractivity contribution in [1.82, 2.24) is 0 Å². The van der Waals surface area contributed by atoms with Crippen LogP contribution in [0.3, 0.4) is 0 Å². The molecule has 2 nitrogen and oxygen atoms in total. The Labute approximate surface area is 202 Å². The molecule has 0 aliphatic carbocycles. The molecule has 0 radical (unpaired) electrons. The van der Waals surface area contributed by atoms with Crippen molar-refractivity contribution < 1.29 is 0 Å². The first-order valence-corrected chi connectivity index (χ1v) is 11.6. The zero-order valence-electron chi connectivity index (χ0n) is 19.6. The largest absolute Gasteiger partial charge is 0.378 e. The fraction of sp³-hybridized carbons (Fsp3) is 0.0625. The predicted octanol–water partition coefficient (Wildman–Crippen LogP) is 8.56. The van der Waals surface area contributed by atoms with Crippen LogP contribution in [0.2, 0.25) is 0 Å². The van der Waals surface area contributed by atoms with E-state index in [-0.39, 0.29) is 0 Å². The van der Waals surface area contributed by atoms with E-state index in [9.17, 15) is 0 Å². The Morgan fingerprint density at radius 3 is 1.38 bits per heavy atom. The molecule has 0 bridgehead atoms. The summed E-state index contributed by atoms with van der Waals surface area (Å²) in [5, 5.41) is 0. The predicted molar refractivity (Wildman–Crippen MR) is 146 cm³/mol. The quantitative estimate of drug-likeness (QED) is 0.261. The van der Waals surface area contributed by atoms with Crippen LogP contribution >= 0.6 is 0 Å². The fourth-order valence-corrected chi connectivity index (χ4v) is 4.32. The van der Waals surface area contributed by atoms with Crippen LogP contribution in [0.15, 0.2) is 133 Å². The van der Waals surface area contributed by atoms with Gasteiger partial charge >= 0.3 is 0 Å². The molecule has 0 saturated carbocycles. The summed E-state index contributed by atoms with van der Waals surface area (Å²) in [6.45, 7) is 0. The van der Waals surface area contributed by atoms with Gasteiger partial charge in [0.2, 0.25) is 0 Å². The third-order valence-corrected chi connectivity index (χ3v) is 6.07. The topological polar surface area (TPSA) is 6.48 Å². The van der Waals surface area contributed by atoms with Crippen LogP contribution in [0.5, 0.6) is 0 Å². The first-order chi connectivity index (χ1) is 16.7. The summed E-state index contributed by atoms with van der Waals surface area (Å²) < 4.78 is 0. The van der Waals surface area contributed by atoms with Gasteiger partial charge in [0.25, 0.3) is 0 Å². The van der Waals surface area contributed by atoms with Crippen LogP contribution in [-0.4, -0.2) is 14.1 Å². The SMILES string of the molecule is CN(C)c1ccc(-c2ccc(N(c3ccccc3)c3ccccc3)cc2-c2ccccc2)cc1. The van der Waals surface area contributed by atoms with Crippen molar-refractivity contribution in [2.24, 2.45) is 0 Å². The first kappa shape index (κ1) is 21.5. The summed E-state index contributed by atoms with van der Waals surface area (Å²) in [6.07, 6.45) is 0.